The van der Waals surface area contributed by atoms with Crippen LogP contribution in [0.1, 0.15) is 50.5 Å². The van der Waals surface area contributed by atoms with Crippen LogP contribution in [0.3, 0.4) is 0 Å². The highest BCUT2D eigenvalue weighted by molar-refractivity contribution is 6.35. The lowest BCUT2D eigenvalue weighted by Gasteiger charge is -2.44. The second kappa shape index (κ2) is 6.36. The van der Waals surface area contributed by atoms with Gasteiger partial charge in [-0.15, -0.1) is 0 Å². The van der Waals surface area contributed by atoms with Crippen molar-refractivity contribution in [1.82, 2.24) is 4.90 Å². The number of phenols is 1. The maximum atomic E-state index is 10.1. The first-order chi connectivity index (χ1) is 10.1. The zero-order valence-electron chi connectivity index (χ0n) is 12.4. The molecule has 1 aromatic rings. The van der Waals surface area contributed by atoms with Gasteiger partial charge < -0.3 is 5.11 Å². The van der Waals surface area contributed by atoms with E-state index in [0.29, 0.717) is 15.5 Å². The molecule has 1 N–H and O–H groups in total. The molecule has 0 bridgehead atoms. The monoisotopic (exact) mass is 327 g/mol. The average Bonchev–Trinajstić information content (AvgIpc) is 2.48. The van der Waals surface area contributed by atoms with Gasteiger partial charge in [-0.2, -0.15) is 0 Å². The lowest BCUT2D eigenvalue weighted by molar-refractivity contribution is 0.0638. The molecular formula is C17H23Cl2NO. The van der Waals surface area contributed by atoms with Crippen LogP contribution in [0, 0.1) is 5.41 Å². The number of rotatable bonds is 2. The van der Waals surface area contributed by atoms with Gasteiger partial charge in [-0.3, -0.25) is 4.90 Å². The quantitative estimate of drug-likeness (QED) is 0.802. The minimum atomic E-state index is 0.180. The van der Waals surface area contributed by atoms with Gasteiger partial charge in [-0.05, 0) is 56.3 Å². The van der Waals surface area contributed by atoms with Crippen LogP contribution in [0.4, 0.5) is 0 Å². The fraction of sp³-hybridized carbons (Fsp3) is 0.647. The molecule has 21 heavy (non-hydrogen) atoms. The second-order valence-corrected chi connectivity index (χ2v) is 7.58. The molecule has 1 saturated carbocycles. The van der Waals surface area contributed by atoms with Crippen LogP contribution in [0.2, 0.25) is 10.0 Å². The molecule has 1 heterocycles. The van der Waals surface area contributed by atoms with E-state index in [1.165, 1.54) is 44.9 Å². The van der Waals surface area contributed by atoms with Gasteiger partial charge in [0.05, 0.1) is 5.02 Å². The third-order valence-electron chi connectivity index (χ3n) is 5.33. The largest absolute Gasteiger partial charge is 0.506 e. The molecule has 0 aromatic heterocycles. The molecule has 2 nitrogen and oxygen atoms in total. The first kappa shape index (κ1) is 15.5. The summed E-state index contributed by atoms with van der Waals surface area (Å²) < 4.78 is 0. The van der Waals surface area contributed by atoms with Crippen molar-refractivity contribution < 1.29 is 5.11 Å². The summed E-state index contributed by atoms with van der Waals surface area (Å²) in [7, 11) is 0. The summed E-state index contributed by atoms with van der Waals surface area (Å²) in [4.78, 5) is 2.42. The topological polar surface area (TPSA) is 23.5 Å². The Kier molecular flexibility index (Phi) is 4.68. The van der Waals surface area contributed by atoms with Crippen molar-refractivity contribution in [2.24, 2.45) is 5.41 Å². The molecule has 1 aliphatic carbocycles. The minimum Gasteiger partial charge on any atom is -0.506 e. The summed E-state index contributed by atoms with van der Waals surface area (Å²) in [5.74, 6) is 0.180. The molecule has 0 radical (unpaired) electrons. The first-order valence-electron chi connectivity index (χ1n) is 7.97. The van der Waals surface area contributed by atoms with Crippen LogP contribution >= 0.6 is 23.2 Å². The summed E-state index contributed by atoms with van der Waals surface area (Å²) in [5.41, 5.74) is 1.45. The Morgan fingerprint density at radius 3 is 2.33 bits per heavy atom. The van der Waals surface area contributed by atoms with Gasteiger partial charge in [0.1, 0.15) is 5.75 Å². The van der Waals surface area contributed by atoms with Crippen molar-refractivity contribution in [3.05, 3.63) is 27.7 Å². The Hall–Kier alpha value is -0.440. The SMILES string of the molecule is Oc1c(Cl)cc(Cl)cc1CN1CCC2(CCCCC2)CC1. The zero-order chi connectivity index (χ0) is 14.9. The van der Waals surface area contributed by atoms with Crippen LogP contribution in [0.15, 0.2) is 12.1 Å². The number of nitrogens with zero attached hydrogens (tertiary/aromatic N) is 1. The molecule has 0 amide bonds. The van der Waals surface area contributed by atoms with E-state index < -0.39 is 0 Å². The molecule has 2 aliphatic rings. The molecular weight excluding hydrogens is 305 g/mol. The van der Waals surface area contributed by atoms with Crippen molar-refractivity contribution in [3.8, 4) is 5.75 Å². The maximum Gasteiger partial charge on any atom is 0.138 e. The highest BCUT2D eigenvalue weighted by Gasteiger charge is 2.35. The van der Waals surface area contributed by atoms with Gasteiger partial charge in [-0.1, -0.05) is 42.5 Å². The van der Waals surface area contributed by atoms with E-state index in [0.717, 1.165) is 25.2 Å². The van der Waals surface area contributed by atoms with Crippen LogP contribution in [-0.4, -0.2) is 23.1 Å². The molecule has 1 aliphatic heterocycles. The summed E-state index contributed by atoms with van der Waals surface area (Å²) >= 11 is 12.0. The second-order valence-electron chi connectivity index (χ2n) is 6.73. The Morgan fingerprint density at radius 2 is 1.67 bits per heavy atom. The third kappa shape index (κ3) is 3.49. The van der Waals surface area contributed by atoms with Crippen LogP contribution < -0.4 is 0 Å². The summed E-state index contributed by atoms with van der Waals surface area (Å²) in [6.07, 6.45) is 9.64. The molecule has 1 saturated heterocycles. The molecule has 4 heteroatoms. The van der Waals surface area contributed by atoms with Crippen molar-refractivity contribution in [2.75, 3.05) is 13.1 Å². The number of hydrogen-bond acceptors (Lipinski definition) is 2. The van der Waals surface area contributed by atoms with Crippen LogP contribution in [-0.2, 0) is 6.54 Å². The number of halogens is 2. The van der Waals surface area contributed by atoms with Gasteiger partial charge in [-0.25, -0.2) is 0 Å². The normalized spacial score (nSPS) is 22.6. The first-order valence-corrected chi connectivity index (χ1v) is 8.73. The standard InChI is InChI=1S/C17H23Cl2NO/c18-14-10-13(16(21)15(19)11-14)12-20-8-6-17(7-9-20)4-2-1-3-5-17/h10-11,21H,1-9,12H2. The van der Waals surface area contributed by atoms with Gasteiger partial charge in [0, 0.05) is 17.1 Å². The van der Waals surface area contributed by atoms with E-state index in [2.05, 4.69) is 4.90 Å². The van der Waals surface area contributed by atoms with Gasteiger partial charge >= 0.3 is 0 Å². The molecule has 1 aromatic carbocycles. The van der Waals surface area contributed by atoms with Crippen molar-refractivity contribution in [3.63, 3.8) is 0 Å². The predicted molar refractivity (Wildman–Crippen MR) is 88.2 cm³/mol. The number of benzene rings is 1. The smallest absolute Gasteiger partial charge is 0.138 e. The Balaban J connectivity index is 1.63. The Morgan fingerprint density at radius 1 is 1.00 bits per heavy atom. The molecule has 0 atom stereocenters. The number of likely N-dealkylation sites (tertiary alicyclic amines) is 1. The number of phenolic OH excluding ortho intramolecular Hbond substituents is 1. The summed E-state index contributed by atoms with van der Waals surface area (Å²) in [5, 5.41) is 11.0. The van der Waals surface area contributed by atoms with E-state index in [9.17, 15) is 5.11 Å². The van der Waals surface area contributed by atoms with Crippen molar-refractivity contribution in [1.29, 1.82) is 0 Å². The minimum absolute atomic E-state index is 0.180. The average molecular weight is 328 g/mol. The number of hydrogen-bond donors (Lipinski definition) is 1. The van der Waals surface area contributed by atoms with Crippen molar-refractivity contribution in [2.45, 2.75) is 51.5 Å². The van der Waals surface area contributed by atoms with Crippen LogP contribution in [0.5, 0.6) is 5.75 Å². The Bertz CT molecular complexity index is 502. The highest BCUT2D eigenvalue weighted by Crippen LogP contribution is 2.45. The van der Waals surface area contributed by atoms with Gasteiger partial charge in [0.25, 0.3) is 0 Å². The predicted octanol–water partition coefficient (Wildman–Crippen LogP) is 5.25. The van der Waals surface area contributed by atoms with E-state index >= 15 is 0 Å². The summed E-state index contributed by atoms with van der Waals surface area (Å²) in [6, 6.07) is 3.42. The van der Waals surface area contributed by atoms with E-state index in [4.69, 9.17) is 23.2 Å². The third-order valence-corrected chi connectivity index (χ3v) is 5.84. The molecule has 1 spiro atoms. The zero-order valence-corrected chi connectivity index (χ0v) is 13.9. The summed E-state index contributed by atoms with van der Waals surface area (Å²) in [6.45, 7) is 2.97. The lowest BCUT2D eigenvalue weighted by Crippen LogP contribution is -2.40. The highest BCUT2D eigenvalue weighted by atomic mass is 35.5. The number of piperidine rings is 1. The van der Waals surface area contributed by atoms with E-state index in [1.807, 2.05) is 6.07 Å². The molecule has 0 unspecified atom stereocenters. The lowest BCUT2D eigenvalue weighted by atomic mass is 9.68. The molecule has 116 valence electrons. The maximum absolute atomic E-state index is 10.1. The fourth-order valence-electron chi connectivity index (χ4n) is 3.97. The van der Waals surface area contributed by atoms with E-state index in [1.54, 1.807) is 6.07 Å². The van der Waals surface area contributed by atoms with Gasteiger partial charge in [0.2, 0.25) is 0 Å². The fourth-order valence-corrected chi connectivity index (χ4v) is 4.50. The van der Waals surface area contributed by atoms with E-state index in [-0.39, 0.29) is 5.75 Å². The van der Waals surface area contributed by atoms with Crippen LogP contribution in [0.25, 0.3) is 0 Å². The van der Waals surface area contributed by atoms with Gasteiger partial charge in [0.15, 0.2) is 0 Å². The van der Waals surface area contributed by atoms with Crippen molar-refractivity contribution >= 4 is 23.2 Å². The Labute approximate surface area is 137 Å². The molecule has 2 fully saturated rings. The molecule has 3 rings (SSSR count). The number of aromatic hydroxyl groups is 1.